The molecule has 10 heavy (non-hydrogen) atoms. The molecule has 0 aliphatic heterocycles. The molecule has 0 aromatic heterocycles. The molecule has 66 valence electrons. The molecule has 2 heteroatoms. The number of hydrogen-bond donors (Lipinski definition) is 1. The Kier molecular flexibility index (Phi) is 16.3. The first-order valence-electron chi connectivity index (χ1n) is 4.02. The van der Waals surface area contributed by atoms with Gasteiger partial charge in [-0.15, -0.1) is 0 Å². The van der Waals surface area contributed by atoms with Crippen LogP contribution in [0.1, 0.15) is 45.4 Å². The molecule has 0 unspecified atom stereocenters. The Bertz CT molecular complexity index is 42.5. The summed E-state index contributed by atoms with van der Waals surface area (Å²) in [4.78, 5) is 0. The van der Waals surface area contributed by atoms with E-state index in [0.717, 1.165) is 6.42 Å². The van der Waals surface area contributed by atoms with Crippen LogP contribution in [0.3, 0.4) is 0 Å². The smallest absolute Gasteiger partial charge is 0.0431 e. The molecule has 0 saturated heterocycles. The van der Waals surface area contributed by atoms with Gasteiger partial charge in [-0.25, -0.2) is 0 Å². The third-order valence-electron chi connectivity index (χ3n) is 1.51. The fourth-order valence-electron chi connectivity index (χ4n) is 0.892. The van der Waals surface area contributed by atoms with Crippen molar-refractivity contribution in [3.8, 4) is 0 Å². The van der Waals surface area contributed by atoms with Crippen LogP contribution in [0.5, 0.6) is 0 Å². The maximum absolute atomic E-state index is 8.42. The van der Waals surface area contributed by atoms with Crippen molar-refractivity contribution in [2.75, 3.05) is 6.61 Å². The second-order valence-electron chi connectivity index (χ2n) is 2.49. The second kappa shape index (κ2) is 12.3. The van der Waals surface area contributed by atoms with Gasteiger partial charge >= 0.3 is 0 Å². The Hall–Kier alpha value is 0.648. The number of aliphatic hydroxyl groups excluding tert-OH is 1. The van der Waals surface area contributed by atoms with E-state index in [0.29, 0.717) is 6.61 Å². The quantitative estimate of drug-likeness (QED) is 0.743. The van der Waals surface area contributed by atoms with Crippen molar-refractivity contribution in [1.29, 1.82) is 0 Å². The SMILES string of the molecule is CCCCCCCCO.[Pt]. The molecule has 0 amide bonds. The predicted molar refractivity (Wildman–Crippen MR) is 40.5 cm³/mol. The topological polar surface area (TPSA) is 20.2 Å². The number of aliphatic hydroxyl groups is 1. The van der Waals surface area contributed by atoms with Gasteiger partial charge in [0, 0.05) is 27.7 Å². The Morgan fingerprint density at radius 1 is 0.900 bits per heavy atom. The van der Waals surface area contributed by atoms with Gasteiger partial charge in [0.15, 0.2) is 0 Å². The summed E-state index contributed by atoms with van der Waals surface area (Å²) in [6.45, 7) is 2.58. The van der Waals surface area contributed by atoms with E-state index in [-0.39, 0.29) is 21.1 Å². The maximum Gasteiger partial charge on any atom is 0.0431 e. The van der Waals surface area contributed by atoms with Crippen LogP contribution in [0.2, 0.25) is 0 Å². The third-order valence-corrected chi connectivity index (χ3v) is 1.51. The predicted octanol–water partition coefficient (Wildman–Crippen LogP) is 2.34. The van der Waals surface area contributed by atoms with Crippen molar-refractivity contribution >= 4 is 0 Å². The minimum absolute atomic E-state index is 0. The Labute approximate surface area is 78.5 Å². The average Bonchev–Trinajstić information content (AvgIpc) is 1.89. The Balaban J connectivity index is 0. The molecule has 0 aliphatic rings. The molecular formula is C8H18OPt. The molecule has 0 rings (SSSR count). The Morgan fingerprint density at radius 3 is 1.90 bits per heavy atom. The zero-order valence-electron chi connectivity index (χ0n) is 6.71. The van der Waals surface area contributed by atoms with Crippen molar-refractivity contribution in [2.45, 2.75) is 45.4 Å². The van der Waals surface area contributed by atoms with E-state index < -0.39 is 0 Å². The molecule has 0 saturated carbocycles. The number of unbranched alkanes of at least 4 members (excludes halogenated alkanes) is 5. The first kappa shape index (κ1) is 13.3. The van der Waals surface area contributed by atoms with Gasteiger partial charge in [0.1, 0.15) is 0 Å². The van der Waals surface area contributed by atoms with E-state index in [9.17, 15) is 0 Å². The summed E-state index contributed by atoms with van der Waals surface area (Å²) in [5.41, 5.74) is 0. The van der Waals surface area contributed by atoms with Crippen molar-refractivity contribution in [3.05, 3.63) is 0 Å². The standard InChI is InChI=1S/C8H18O.Pt/c1-2-3-4-5-6-7-8-9;/h9H,2-8H2,1H3;. The molecule has 0 aromatic carbocycles. The van der Waals surface area contributed by atoms with Crippen LogP contribution in [-0.4, -0.2) is 11.7 Å². The van der Waals surface area contributed by atoms with Gasteiger partial charge in [0.05, 0.1) is 0 Å². The van der Waals surface area contributed by atoms with E-state index in [2.05, 4.69) is 6.92 Å². The fraction of sp³-hybridized carbons (Fsp3) is 1.00. The molecule has 0 bridgehead atoms. The summed E-state index contributed by atoms with van der Waals surface area (Å²) < 4.78 is 0. The largest absolute Gasteiger partial charge is 0.396 e. The van der Waals surface area contributed by atoms with E-state index in [1.165, 1.54) is 32.1 Å². The second-order valence-corrected chi connectivity index (χ2v) is 2.49. The monoisotopic (exact) mass is 325 g/mol. The summed E-state index contributed by atoms with van der Waals surface area (Å²) in [6.07, 6.45) is 7.50. The van der Waals surface area contributed by atoms with Crippen LogP contribution in [0.15, 0.2) is 0 Å². The first-order valence-corrected chi connectivity index (χ1v) is 4.02. The summed E-state index contributed by atoms with van der Waals surface area (Å²) in [6, 6.07) is 0. The molecule has 0 aliphatic carbocycles. The van der Waals surface area contributed by atoms with Crippen molar-refractivity contribution in [1.82, 2.24) is 0 Å². The van der Waals surface area contributed by atoms with Gasteiger partial charge in [-0.05, 0) is 6.42 Å². The normalized spacial score (nSPS) is 9.00. The zero-order chi connectivity index (χ0) is 6.95. The van der Waals surface area contributed by atoms with Crippen molar-refractivity contribution < 1.29 is 26.2 Å². The number of rotatable bonds is 6. The number of hydrogen-bond acceptors (Lipinski definition) is 1. The minimum atomic E-state index is 0. The molecule has 0 heterocycles. The van der Waals surface area contributed by atoms with Gasteiger partial charge in [-0.2, -0.15) is 0 Å². The fourth-order valence-corrected chi connectivity index (χ4v) is 0.892. The summed E-state index contributed by atoms with van der Waals surface area (Å²) in [7, 11) is 0. The average molecular weight is 325 g/mol. The van der Waals surface area contributed by atoms with Crippen LogP contribution < -0.4 is 0 Å². The van der Waals surface area contributed by atoms with Crippen LogP contribution in [0, 0.1) is 0 Å². The summed E-state index contributed by atoms with van der Waals surface area (Å²) in [5.74, 6) is 0. The van der Waals surface area contributed by atoms with Gasteiger partial charge in [-0.3, -0.25) is 0 Å². The minimum Gasteiger partial charge on any atom is -0.396 e. The van der Waals surface area contributed by atoms with E-state index in [1.807, 2.05) is 0 Å². The Morgan fingerprint density at radius 2 is 1.40 bits per heavy atom. The third kappa shape index (κ3) is 11.4. The van der Waals surface area contributed by atoms with Crippen LogP contribution in [-0.2, 0) is 21.1 Å². The molecule has 1 N–H and O–H groups in total. The molecule has 0 aromatic rings. The first-order chi connectivity index (χ1) is 4.41. The molecule has 0 atom stereocenters. The van der Waals surface area contributed by atoms with Crippen LogP contribution in [0.4, 0.5) is 0 Å². The molecule has 0 radical (unpaired) electrons. The molecular weight excluding hydrogens is 307 g/mol. The molecule has 1 nitrogen and oxygen atoms in total. The van der Waals surface area contributed by atoms with Gasteiger partial charge in [0.2, 0.25) is 0 Å². The zero-order valence-corrected chi connectivity index (χ0v) is 8.99. The molecule has 0 fully saturated rings. The molecule has 0 spiro atoms. The maximum atomic E-state index is 8.42. The van der Waals surface area contributed by atoms with Crippen LogP contribution in [0.25, 0.3) is 0 Å². The van der Waals surface area contributed by atoms with Gasteiger partial charge in [0.25, 0.3) is 0 Å². The van der Waals surface area contributed by atoms with Gasteiger partial charge in [-0.1, -0.05) is 39.0 Å². The van der Waals surface area contributed by atoms with E-state index >= 15 is 0 Å². The summed E-state index contributed by atoms with van der Waals surface area (Å²) in [5, 5.41) is 8.42. The van der Waals surface area contributed by atoms with Crippen molar-refractivity contribution in [3.63, 3.8) is 0 Å². The van der Waals surface area contributed by atoms with E-state index in [1.54, 1.807) is 0 Å². The van der Waals surface area contributed by atoms with Crippen LogP contribution >= 0.6 is 0 Å². The summed E-state index contributed by atoms with van der Waals surface area (Å²) >= 11 is 0. The van der Waals surface area contributed by atoms with E-state index in [4.69, 9.17) is 5.11 Å². The van der Waals surface area contributed by atoms with Crippen molar-refractivity contribution in [2.24, 2.45) is 0 Å². The van der Waals surface area contributed by atoms with Gasteiger partial charge < -0.3 is 5.11 Å².